The monoisotopic (exact) mass is 281 g/mol. The van der Waals surface area contributed by atoms with Crippen molar-refractivity contribution in [3.05, 3.63) is 27.9 Å². The summed E-state index contributed by atoms with van der Waals surface area (Å²) in [6.07, 6.45) is 2.04. The van der Waals surface area contributed by atoms with Crippen molar-refractivity contribution in [2.24, 2.45) is 0 Å². The normalized spacial score (nSPS) is 17.8. The molecule has 20 heavy (non-hydrogen) atoms. The average molecular weight is 281 g/mol. The number of aromatic nitrogens is 1. The molecular formula is C12H15N3O5. The molecule has 8 nitrogen and oxygen atoms in total. The van der Waals surface area contributed by atoms with Gasteiger partial charge in [0.1, 0.15) is 17.6 Å². The van der Waals surface area contributed by atoms with Crippen LogP contribution in [0.1, 0.15) is 30.1 Å². The van der Waals surface area contributed by atoms with Gasteiger partial charge in [0.15, 0.2) is 0 Å². The van der Waals surface area contributed by atoms with Crippen molar-refractivity contribution in [1.29, 1.82) is 0 Å². The lowest BCUT2D eigenvalue weighted by Crippen LogP contribution is -2.42. The highest BCUT2D eigenvalue weighted by Gasteiger charge is 2.29. The van der Waals surface area contributed by atoms with E-state index in [1.165, 1.54) is 6.07 Å². The summed E-state index contributed by atoms with van der Waals surface area (Å²) < 4.78 is 0. The number of aromatic carboxylic acids is 1. The summed E-state index contributed by atoms with van der Waals surface area (Å²) in [5.74, 6) is -0.979. The topological polar surface area (TPSA) is 117 Å². The minimum atomic E-state index is -1.36. The van der Waals surface area contributed by atoms with E-state index >= 15 is 0 Å². The number of hydrogen-bond donors (Lipinski definition) is 2. The van der Waals surface area contributed by atoms with Gasteiger partial charge in [0, 0.05) is 19.2 Å². The molecular weight excluding hydrogens is 266 g/mol. The third-order valence-corrected chi connectivity index (χ3v) is 3.46. The number of carboxylic acids is 1. The minimum Gasteiger partial charge on any atom is -0.477 e. The maximum Gasteiger partial charge on any atom is 0.342 e. The number of carbonyl (C=O) groups is 1. The van der Waals surface area contributed by atoms with Gasteiger partial charge in [-0.2, -0.15) is 0 Å². The van der Waals surface area contributed by atoms with Gasteiger partial charge in [0.2, 0.25) is 0 Å². The fraction of sp³-hybridized carbons (Fsp3) is 0.500. The number of aliphatic hydroxyl groups is 1. The lowest BCUT2D eigenvalue weighted by atomic mass is 9.94. The first-order valence-corrected chi connectivity index (χ1v) is 6.15. The van der Waals surface area contributed by atoms with E-state index in [4.69, 9.17) is 5.11 Å². The molecule has 2 N–H and O–H groups in total. The van der Waals surface area contributed by atoms with Gasteiger partial charge in [-0.3, -0.25) is 10.1 Å². The molecule has 2 rings (SSSR count). The SMILES string of the molecule is CC1(O)CCN(c2cc(C(=O)O)c([N+](=O)[O-])cn2)CC1. The van der Waals surface area contributed by atoms with Gasteiger partial charge in [0.25, 0.3) is 0 Å². The van der Waals surface area contributed by atoms with Crippen LogP contribution in [0.5, 0.6) is 0 Å². The molecule has 108 valence electrons. The molecule has 0 amide bonds. The van der Waals surface area contributed by atoms with Crippen molar-refractivity contribution in [2.45, 2.75) is 25.4 Å². The molecule has 1 fully saturated rings. The number of nitrogens with zero attached hydrogens (tertiary/aromatic N) is 3. The van der Waals surface area contributed by atoms with E-state index in [9.17, 15) is 20.0 Å². The van der Waals surface area contributed by atoms with E-state index < -0.39 is 22.2 Å². The van der Waals surface area contributed by atoms with Crippen LogP contribution >= 0.6 is 0 Å². The highest BCUT2D eigenvalue weighted by atomic mass is 16.6. The summed E-state index contributed by atoms with van der Waals surface area (Å²) in [6.45, 7) is 2.80. The van der Waals surface area contributed by atoms with Gasteiger partial charge < -0.3 is 15.1 Å². The summed E-state index contributed by atoms with van der Waals surface area (Å²) in [5.41, 5.74) is -1.63. The molecule has 0 saturated carbocycles. The van der Waals surface area contributed by atoms with Crippen LogP contribution in [0.3, 0.4) is 0 Å². The van der Waals surface area contributed by atoms with Gasteiger partial charge in [-0.1, -0.05) is 0 Å². The summed E-state index contributed by atoms with van der Waals surface area (Å²) in [5, 5.41) is 29.7. The van der Waals surface area contributed by atoms with Gasteiger partial charge in [-0.15, -0.1) is 0 Å². The third-order valence-electron chi connectivity index (χ3n) is 3.46. The second-order valence-electron chi connectivity index (χ2n) is 5.11. The lowest BCUT2D eigenvalue weighted by molar-refractivity contribution is -0.385. The van der Waals surface area contributed by atoms with E-state index in [0.717, 1.165) is 6.20 Å². The van der Waals surface area contributed by atoms with Crippen molar-refractivity contribution >= 4 is 17.5 Å². The molecule has 0 spiro atoms. The fourth-order valence-electron chi connectivity index (χ4n) is 2.14. The molecule has 1 aromatic rings. The predicted molar refractivity (Wildman–Crippen MR) is 69.9 cm³/mol. The second-order valence-corrected chi connectivity index (χ2v) is 5.11. The van der Waals surface area contributed by atoms with Crippen molar-refractivity contribution in [1.82, 2.24) is 4.98 Å². The van der Waals surface area contributed by atoms with Gasteiger partial charge in [0.05, 0.1) is 10.5 Å². The van der Waals surface area contributed by atoms with Crippen LogP contribution in [0.25, 0.3) is 0 Å². The predicted octanol–water partition coefficient (Wildman–Crippen LogP) is 1.04. The number of anilines is 1. The Labute approximate surface area is 114 Å². The largest absolute Gasteiger partial charge is 0.477 e. The molecule has 0 unspecified atom stereocenters. The van der Waals surface area contributed by atoms with E-state index in [0.29, 0.717) is 31.7 Å². The van der Waals surface area contributed by atoms with Crippen molar-refractivity contribution < 1.29 is 19.9 Å². The second kappa shape index (κ2) is 5.04. The Morgan fingerprint density at radius 2 is 2.10 bits per heavy atom. The molecule has 0 bridgehead atoms. The standard InChI is InChI=1S/C12H15N3O5/c1-12(18)2-4-14(5-3-12)10-6-8(11(16)17)9(7-13-10)15(19)20/h6-7,18H,2-5H2,1H3,(H,16,17). The van der Waals surface area contributed by atoms with Crippen molar-refractivity contribution in [2.75, 3.05) is 18.0 Å². The number of nitro groups is 1. The van der Waals surface area contributed by atoms with Crippen LogP contribution in [0.4, 0.5) is 11.5 Å². The zero-order valence-corrected chi connectivity index (χ0v) is 10.9. The smallest absolute Gasteiger partial charge is 0.342 e. The number of carboxylic acid groups (broad SMARTS) is 1. The third kappa shape index (κ3) is 2.85. The van der Waals surface area contributed by atoms with Gasteiger partial charge in [-0.05, 0) is 19.8 Å². The Morgan fingerprint density at radius 3 is 2.60 bits per heavy atom. The first kappa shape index (κ1) is 14.2. The first-order valence-electron chi connectivity index (χ1n) is 6.15. The molecule has 2 heterocycles. The molecule has 0 radical (unpaired) electrons. The molecule has 1 saturated heterocycles. The summed E-state index contributed by atoms with van der Waals surface area (Å²) in [7, 11) is 0. The van der Waals surface area contributed by atoms with Crippen molar-refractivity contribution in [3.8, 4) is 0 Å². The molecule has 1 aliphatic rings. The molecule has 0 atom stereocenters. The Bertz CT molecular complexity index is 548. The molecule has 1 aromatic heterocycles. The number of pyridine rings is 1. The molecule has 8 heteroatoms. The average Bonchev–Trinajstić information content (AvgIpc) is 2.37. The quantitative estimate of drug-likeness (QED) is 0.627. The number of hydrogen-bond acceptors (Lipinski definition) is 6. The van der Waals surface area contributed by atoms with Crippen LogP contribution < -0.4 is 4.90 Å². The van der Waals surface area contributed by atoms with Gasteiger partial charge >= 0.3 is 11.7 Å². The molecule has 0 aromatic carbocycles. The van der Waals surface area contributed by atoms with E-state index in [-0.39, 0.29) is 5.56 Å². The lowest BCUT2D eigenvalue weighted by Gasteiger charge is -2.36. The van der Waals surface area contributed by atoms with E-state index in [1.807, 2.05) is 4.90 Å². The Hall–Kier alpha value is -2.22. The Kier molecular flexibility index (Phi) is 3.58. The van der Waals surface area contributed by atoms with E-state index in [2.05, 4.69) is 4.98 Å². The van der Waals surface area contributed by atoms with Crippen LogP contribution in [0.2, 0.25) is 0 Å². The van der Waals surface area contributed by atoms with Crippen LogP contribution in [-0.4, -0.2) is 44.8 Å². The maximum absolute atomic E-state index is 11.1. The number of rotatable bonds is 3. The summed E-state index contributed by atoms with van der Waals surface area (Å²) in [6, 6.07) is 1.21. The van der Waals surface area contributed by atoms with Crippen LogP contribution in [0.15, 0.2) is 12.3 Å². The maximum atomic E-state index is 11.1. The Balaban J connectivity index is 2.28. The van der Waals surface area contributed by atoms with Crippen LogP contribution in [-0.2, 0) is 0 Å². The summed E-state index contributed by atoms with van der Waals surface area (Å²) >= 11 is 0. The van der Waals surface area contributed by atoms with Crippen molar-refractivity contribution in [3.63, 3.8) is 0 Å². The Morgan fingerprint density at radius 1 is 1.50 bits per heavy atom. The van der Waals surface area contributed by atoms with Crippen LogP contribution in [0, 0.1) is 10.1 Å². The summed E-state index contributed by atoms with van der Waals surface area (Å²) in [4.78, 5) is 26.8. The highest BCUT2D eigenvalue weighted by molar-refractivity contribution is 5.93. The highest BCUT2D eigenvalue weighted by Crippen LogP contribution is 2.27. The molecule has 0 aliphatic carbocycles. The first-order chi connectivity index (χ1) is 9.30. The fourth-order valence-corrected chi connectivity index (χ4v) is 2.14. The van der Waals surface area contributed by atoms with E-state index in [1.54, 1.807) is 6.92 Å². The van der Waals surface area contributed by atoms with Gasteiger partial charge in [-0.25, -0.2) is 9.78 Å². The zero-order chi connectivity index (χ0) is 14.9. The number of piperidine rings is 1. The zero-order valence-electron chi connectivity index (χ0n) is 10.9. The molecule has 1 aliphatic heterocycles. The minimum absolute atomic E-state index is 0.377.